The second-order valence-electron chi connectivity index (χ2n) is 6.52. The van der Waals surface area contributed by atoms with Crippen LogP contribution in [0, 0.1) is 0 Å². The van der Waals surface area contributed by atoms with Gasteiger partial charge in [0.05, 0.1) is 5.69 Å². The Morgan fingerprint density at radius 2 is 1.89 bits per heavy atom. The predicted octanol–water partition coefficient (Wildman–Crippen LogP) is 4.58. The minimum absolute atomic E-state index is 0.0340. The van der Waals surface area contributed by atoms with E-state index in [0.29, 0.717) is 18.6 Å². The number of benzene rings is 2. The average molecular weight is 357 g/mol. The molecule has 0 fully saturated rings. The van der Waals surface area contributed by atoms with Gasteiger partial charge in [-0.05, 0) is 72.5 Å². The van der Waals surface area contributed by atoms with E-state index in [9.17, 15) is 9.90 Å². The van der Waals surface area contributed by atoms with Crippen LogP contribution in [0.2, 0.25) is 0 Å². The molecule has 4 heteroatoms. The van der Waals surface area contributed by atoms with Gasteiger partial charge in [0.25, 0.3) is 0 Å². The monoisotopic (exact) mass is 357 g/mol. The van der Waals surface area contributed by atoms with Crippen LogP contribution < -0.4 is 4.74 Å². The van der Waals surface area contributed by atoms with E-state index in [1.54, 1.807) is 24.4 Å². The number of ether oxygens (including phenoxy) is 1. The Labute approximate surface area is 157 Å². The van der Waals surface area contributed by atoms with Crippen molar-refractivity contribution in [3.05, 3.63) is 94.8 Å². The maximum Gasteiger partial charge on any atom is 0.189 e. The number of Topliss-reactive ketones (excluding diaryl/α,β-unsaturated/α-hetero) is 1. The molecular weight excluding hydrogens is 338 g/mol. The summed E-state index contributed by atoms with van der Waals surface area (Å²) in [5.41, 5.74) is 4.22. The molecule has 4 nitrogen and oxygen atoms in total. The fourth-order valence-electron chi connectivity index (χ4n) is 3.20. The first kappa shape index (κ1) is 17.0. The minimum Gasteiger partial charge on any atom is -0.508 e. The number of allylic oxidation sites excluding steroid dienone is 1. The van der Waals surface area contributed by atoms with Crippen LogP contribution in [0.25, 0.3) is 6.08 Å². The van der Waals surface area contributed by atoms with Crippen LogP contribution in [0.3, 0.4) is 0 Å². The number of ketones is 1. The highest BCUT2D eigenvalue weighted by molar-refractivity contribution is 6.13. The second-order valence-corrected chi connectivity index (χ2v) is 6.52. The normalized spacial score (nSPS) is 14.8. The molecule has 0 saturated heterocycles. The number of hydrogen-bond donors (Lipinski definition) is 1. The SMILES string of the molecule is O=C1/C(=C/c2ccc(OCc3ccccn3)cc2)CCc2cc(O)ccc21. The quantitative estimate of drug-likeness (QED) is 0.695. The van der Waals surface area contributed by atoms with Crippen LogP contribution in [-0.2, 0) is 13.0 Å². The second kappa shape index (κ2) is 7.46. The summed E-state index contributed by atoms with van der Waals surface area (Å²) < 4.78 is 5.74. The van der Waals surface area contributed by atoms with Gasteiger partial charge in [-0.3, -0.25) is 9.78 Å². The summed E-state index contributed by atoms with van der Waals surface area (Å²) in [5, 5.41) is 9.58. The Morgan fingerprint density at radius 1 is 1.04 bits per heavy atom. The maximum atomic E-state index is 12.7. The zero-order chi connectivity index (χ0) is 18.6. The molecule has 2 aromatic carbocycles. The number of aryl methyl sites for hydroxylation is 1. The van der Waals surface area contributed by atoms with Gasteiger partial charge in [0.2, 0.25) is 0 Å². The maximum absolute atomic E-state index is 12.7. The number of rotatable bonds is 4. The third-order valence-electron chi connectivity index (χ3n) is 4.62. The molecule has 1 heterocycles. The fourth-order valence-corrected chi connectivity index (χ4v) is 3.20. The molecule has 1 aromatic heterocycles. The number of nitrogens with zero attached hydrogens (tertiary/aromatic N) is 1. The summed E-state index contributed by atoms with van der Waals surface area (Å²) in [6.45, 7) is 0.420. The number of carbonyl (C=O) groups is 1. The number of carbonyl (C=O) groups excluding carboxylic acids is 1. The summed E-state index contributed by atoms with van der Waals surface area (Å²) in [5.74, 6) is 1.00. The Balaban J connectivity index is 1.46. The highest BCUT2D eigenvalue weighted by atomic mass is 16.5. The van der Waals surface area contributed by atoms with Gasteiger partial charge in [-0.25, -0.2) is 0 Å². The van der Waals surface area contributed by atoms with E-state index in [2.05, 4.69) is 4.98 Å². The lowest BCUT2D eigenvalue weighted by atomic mass is 9.86. The number of phenols is 1. The zero-order valence-corrected chi connectivity index (χ0v) is 14.8. The lowest BCUT2D eigenvalue weighted by Gasteiger charge is -2.17. The molecule has 0 spiro atoms. The summed E-state index contributed by atoms with van der Waals surface area (Å²) in [6.07, 6.45) is 5.11. The molecule has 27 heavy (non-hydrogen) atoms. The molecule has 0 saturated carbocycles. The Morgan fingerprint density at radius 3 is 2.67 bits per heavy atom. The van der Waals surface area contributed by atoms with Crippen LogP contribution in [0.5, 0.6) is 11.5 Å². The number of pyridine rings is 1. The third kappa shape index (κ3) is 3.90. The predicted molar refractivity (Wildman–Crippen MR) is 104 cm³/mol. The Hall–Kier alpha value is -3.40. The molecule has 0 aliphatic heterocycles. The van der Waals surface area contributed by atoms with Crippen molar-refractivity contribution < 1.29 is 14.6 Å². The van der Waals surface area contributed by atoms with Gasteiger partial charge in [-0.15, -0.1) is 0 Å². The average Bonchev–Trinajstić information content (AvgIpc) is 2.70. The van der Waals surface area contributed by atoms with Gasteiger partial charge in [-0.1, -0.05) is 18.2 Å². The van der Waals surface area contributed by atoms with Crippen molar-refractivity contribution in [3.8, 4) is 11.5 Å². The Bertz CT molecular complexity index is 992. The third-order valence-corrected chi connectivity index (χ3v) is 4.62. The molecule has 134 valence electrons. The van der Waals surface area contributed by atoms with Crippen molar-refractivity contribution in [2.75, 3.05) is 0 Å². The lowest BCUT2D eigenvalue weighted by Crippen LogP contribution is -2.13. The molecule has 0 atom stereocenters. The van der Waals surface area contributed by atoms with Crippen molar-refractivity contribution in [2.24, 2.45) is 0 Å². The summed E-state index contributed by atoms with van der Waals surface area (Å²) in [6, 6.07) is 18.4. The lowest BCUT2D eigenvalue weighted by molar-refractivity contribution is 0.102. The van der Waals surface area contributed by atoms with Gasteiger partial charge in [0.1, 0.15) is 18.1 Å². The first-order valence-corrected chi connectivity index (χ1v) is 8.89. The largest absolute Gasteiger partial charge is 0.508 e. The van der Waals surface area contributed by atoms with Crippen molar-refractivity contribution >= 4 is 11.9 Å². The van der Waals surface area contributed by atoms with Crippen LogP contribution in [0.15, 0.2) is 72.4 Å². The van der Waals surface area contributed by atoms with Crippen LogP contribution in [-0.4, -0.2) is 15.9 Å². The van der Waals surface area contributed by atoms with Gasteiger partial charge in [0, 0.05) is 17.3 Å². The van der Waals surface area contributed by atoms with Gasteiger partial charge in [-0.2, -0.15) is 0 Å². The summed E-state index contributed by atoms with van der Waals surface area (Å²) in [4.78, 5) is 16.9. The standard InChI is InChI=1S/C23H19NO3/c25-20-8-11-22-17(14-20)6-7-18(23(22)26)13-16-4-9-21(10-5-16)27-15-19-3-1-2-12-24-19/h1-5,8-14,25H,6-7,15H2/b18-13+. The Kier molecular flexibility index (Phi) is 4.71. The molecule has 0 amide bonds. The molecule has 1 N–H and O–H groups in total. The molecule has 1 aliphatic carbocycles. The van der Waals surface area contributed by atoms with Crippen molar-refractivity contribution in [2.45, 2.75) is 19.4 Å². The molecule has 4 rings (SSSR count). The van der Waals surface area contributed by atoms with Crippen molar-refractivity contribution in [3.63, 3.8) is 0 Å². The zero-order valence-electron chi connectivity index (χ0n) is 14.8. The number of fused-ring (bicyclic) bond motifs is 1. The number of aromatic hydroxyl groups is 1. The van der Waals surface area contributed by atoms with Crippen molar-refractivity contribution in [1.29, 1.82) is 0 Å². The van der Waals surface area contributed by atoms with Gasteiger partial charge < -0.3 is 9.84 Å². The molecular formula is C23H19NO3. The highest BCUT2D eigenvalue weighted by Gasteiger charge is 2.21. The van der Waals surface area contributed by atoms with Crippen LogP contribution >= 0.6 is 0 Å². The van der Waals surface area contributed by atoms with E-state index in [0.717, 1.165) is 34.6 Å². The highest BCUT2D eigenvalue weighted by Crippen LogP contribution is 2.29. The van der Waals surface area contributed by atoms with E-state index in [4.69, 9.17) is 4.74 Å². The first-order valence-electron chi connectivity index (χ1n) is 8.89. The molecule has 0 bridgehead atoms. The summed E-state index contributed by atoms with van der Waals surface area (Å²) in [7, 11) is 0. The van der Waals surface area contributed by atoms with E-state index >= 15 is 0 Å². The van der Waals surface area contributed by atoms with E-state index in [1.165, 1.54) is 0 Å². The van der Waals surface area contributed by atoms with E-state index in [-0.39, 0.29) is 11.5 Å². The van der Waals surface area contributed by atoms with Crippen LogP contribution in [0.1, 0.15) is 33.6 Å². The molecule has 1 aliphatic rings. The molecule has 0 radical (unpaired) electrons. The first-order chi connectivity index (χ1) is 13.2. The molecule has 3 aromatic rings. The van der Waals surface area contributed by atoms with Gasteiger partial charge >= 0.3 is 0 Å². The van der Waals surface area contributed by atoms with Crippen LogP contribution in [0.4, 0.5) is 0 Å². The fraction of sp³-hybridized carbons (Fsp3) is 0.130. The molecule has 0 unspecified atom stereocenters. The minimum atomic E-state index is 0.0340. The number of phenolic OH excluding ortho intramolecular Hbond substituents is 1. The summed E-state index contributed by atoms with van der Waals surface area (Å²) >= 11 is 0. The van der Waals surface area contributed by atoms with E-state index < -0.39 is 0 Å². The van der Waals surface area contributed by atoms with E-state index in [1.807, 2.05) is 48.5 Å². The number of aromatic nitrogens is 1. The van der Waals surface area contributed by atoms with Crippen molar-refractivity contribution in [1.82, 2.24) is 4.98 Å². The smallest absolute Gasteiger partial charge is 0.189 e. The topological polar surface area (TPSA) is 59.4 Å². The van der Waals surface area contributed by atoms with Gasteiger partial charge in [0.15, 0.2) is 5.78 Å². The number of hydrogen-bond acceptors (Lipinski definition) is 4.